The SMILES string of the molecule is CCSc1ccc(C(C)(C)CNC)cc1Br. The molecule has 16 heavy (non-hydrogen) atoms. The largest absolute Gasteiger partial charge is 0.319 e. The Balaban J connectivity index is 2.96. The summed E-state index contributed by atoms with van der Waals surface area (Å²) in [6.07, 6.45) is 0. The minimum Gasteiger partial charge on any atom is -0.319 e. The monoisotopic (exact) mass is 301 g/mol. The van der Waals surface area contributed by atoms with Gasteiger partial charge in [0.1, 0.15) is 0 Å². The topological polar surface area (TPSA) is 12.0 Å². The third-order valence-corrected chi connectivity index (χ3v) is 4.51. The molecule has 0 aliphatic heterocycles. The maximum absolute atomic E-state index is 3.65. The summed E-state index contributed by atoms with van der Waals surface area (Å²) >= 11 is 5.52. The molecule has 1 rings (SSSR count). The van der Waals surface area contributed by atoms with Gasteiger partial charge in [-0.25, -0.2) is 0 Å². The maximum atomic E-state index is 3.65. The highest BCUT2D eigenvalue weighted by molar-refractivity contribution is 9.10. The zero-order valence-electron chi connectivity index (χ0n) is 10.4. The molecule has 1 aromatic rings. The van der Waals surface area contributed by atoms with Crippen molar-refractivity contribution in [2.45, 2.75) is 31.1 Å². The van der Waals surface area contributed by atoms with Crippen molar-refractivity contribution < 1.29 is 0 Å². The average molecular weight is 302 g/mol. The van der Waals surface area contributed by atoms with Gasteiger partial charge in [-0.15, -0.1) is 11.8 Å². The first-order chi connectivity index (χ1) is 7.51. The lowest BCUT2D eigenvalue weighted by Gasteiger charge is -2.25. The third-order valence-electron chi connectivity index (χ3n) is 2.63. The van der Waals surface area contributed by atoms with Gasteiger partial charge in [0.25, 0.3) is 0 Å². The highest BCUT2D eigenvalue weighted by Gasteiger charge is 2.20. The lowest BCUT2D eigenvalue weighted by atomic mass is 9.85. The molecule has 0 heterocycles. The molecule has 0 bridgehead atoms. The molecule has 0 aromatic heterocycles. The Hall–Kier alpha value is 0.01000. The fraction of sp³-hybridized carbons (Fsp3) is 0.538. The predicted molar refractivity (Wildman–Crippen MR) is 77.5 cm³/mol. The van der Waals surface area contributed by atoms with Gasteiger partial charge >= 0.3 is 0 Å². The number of thioether (sulfide) groups is 1. The second kappa shape index (κ2) is 6.08. The molecule has 1 aromatic carbocycles. The van der Waals surface area contributed by atoms with Crippen molar-refractivity contribution in [2.24, 2.45) is 0 Å². The van der Waals surface area contributed by atoms with Gasteiger partial charge < -0.3 is 5.32 Å². The molecule has 0 saturated heterocycles. The molecule has 0 fully saturated rings. The van der Waals surface area contributed by atoms with Crippen LogP contribution in [0.3, 0.4) is 0 Å². The maximum Gasteiger partial charge on any atom is 0.0314 e. The number of nitrogens with one attached hydrogen (secondary N) is 1. The van der Waals surface area contributed by atoms with Crippen LogP contribution in [0.25, 0.3) is 0 Å². The van der Waals surface area contributed by atoms with E-state index in [1.165, 1.54) is 14.9 Å². The van der Waals surface area contributed by atoms with Crippen LogP contribution in [0.1, 0.15) is 26.3 Å². The molecule has 90 valence electrons. The minimum absolute atomic E-state index is 0.173. The first-order valence-electron chi connectivity index (χ1n) is 5.58. The molecule has 0 radical (unpaired) electrons. The number of hydrogen-bond donors (Lipinski definition) is 1. The van der Waals surface area contributed by atoms with Crippen LogP contribution >= 0.6 is 27.7 Å². The predicted octanol–water partition coefficient (Wildman–Crippen LogP) is 4.06. The summed E-state index contributed by atoms with van der Waals surface area (Å²) < 4.78 is 1.21. The number of likely N-dealkylation sites (N-methyl/N-ethyl adjacent to an activating group) is 1. The van der Waals surface area contributed by atoms with Crippen LogP contribution in [-0.2, 0) is 5.41 Å². The molecule has 0 amide bonds. The van der Waals surface area contributed by atoms with Gasteiger partial charge in [-0.3, -0.25) is 0 Å². The summed E-state index contributed by atoms with van der Waals surface area (Å²) in [6, 6.07) is 6.69. The van der Waals surface area contributed by atoms with Crippen LogP contribution in [0, 0.1) is 0 Å². The minimum atomic E-state index is 0.173. The van der Waals surface area contributed by atoms with Gasteiger partial charge in [0, 0.05) is 21.3 Å². The Morgan fingerprint density at radius 2 is 2.06 bits per heavy atom. The molecule has 3 heteroatoms. The van der Waals surface area contributed by atoms with Crippen LogP contribution in [-0.4, -0.2) is 19.3 Å². The van der Waals surface area contributed by atoms with Crippen molar-refractivity contribution in [1.29, 1.82) is 0 Å². The number of halogens is 1. The first kappa shape index (κ1) is 14.1. The van der Waals surface area contributed by atoms with Crippen molar-refractivity contribution in [3.63, 3.8) is 0 Å². The lowest BCUT2D eigenvalue weighted by molar-refractivity contribution is 0.493. The van der Waals surface area contributed by atoms with E-state index in [-0.39, 0.29) is 5.41 Å². The van der Waals surface area contributed by atoms with E-state index in [1.54, 1.807) is 0 Å². The lowest BCUT2D eigenvalue weighted by Crippen LogP contribution is -2.30. The van der Waals surface area contributed by atoms with E-state index in [4.69, 9.17) is 0 Å². The molecule has 1 N–H and O–H groups in total. The zero-order chi connectivity index (χ0) is 12.2. The average Bonchev–Trinajstić information content (AvgIpc) is 2.21. The van der Waals surface area contributed by atoms with Crippen LogP contribution in [0.15, 0.2) is 27.6 Å². The molecule has 0 atom stereocenters. The summed E-state index contributed by atoms with van der Waals surface area (Å²) in [5.74, 6) is 1.11. The second-order valence-electron chi connectivity index (χ2n) is 4.49. The van der Waals surface area contributed by atoms with E-state index < -0.39 is 0 Å². The van der Waals surface area contributed by atoms with E-state index >= 15 is 0 Å². The van der Waals surface area contributed by atoms with Crippen LogP contribution < -0.4 is 5.32 Å². The van der Waals surface area contributed by atoms with Gasteiger partial charge in [-0.05, 0) is 46.4 Å². The van der Waals surface area contributed by atoms with E-state index in [1.807, 2.05) is 18.8 Å². The van der Waals surface area contributed by atoms with Crippen molar-refractivity contribution in [3.05, 3.63) is 28.2 Å². The molecule has 1 nitrogen and oxygen atoms in total. The van der Waals surface area contributed by atoms with Gasteiger partial charge in [-0.2, -0.15) is 0 Å². The number of rotatable bonds is 5. The summed E-state index contributed by atoms with van der Waals surface area (Å²) in [6.45, 7) is 7.69. The molecule has 0 aliphatic rings. The first-order valence-corrected chi connectivity index (χ1v) is 7.36. The number of benzene rings is 1. The smallest absolute Gasteiger partial charge is 0.0314 e. The van der Waals surface area contributed by atoms with Gasteiger partial charge in [-0.1, -0.05) is 26.8 Å². The zero-order valence-corrected chi connectivity index (χ0v) is 12.8. The van der Waals surface area contributed by atoms with Gasteiger partial charge in [0.15, 0.2) is 0 Å². The van der Waals surface area contributed by atoms with Crippen LogP contribution in [0.4, 0.5) is 0 Å². The molecule has 0 saturated carbocycles. The van der Waals surface area contributed by atoms with Crippen LogP contribution in [0.2, 0.25) is 0 Å². The van der Waals surface area contributed by atoms with Crippen LogP contribution in [0.5, 0.6) is 0 Å². The van der Waals surface area contributed by atoms with Gasteiger partial charge in [0.05, 0.1) is 0 Å². The van der Waals surface area contributed by atoms with E-state index in [2.05, 4.69) is 60.2 Å². The fourth-order valence-electron chi connectivity index (χ4n) is 1.74. The van der Waals surface area contributed by atoms with E-state index in [0.29, 0.717) is 0 Å². The Morgan fingerprint density at radius 1 is 1.38 bits per heavy atom. The summed E-state index contributed by atoms with van der Waals surface area (Å²) in [4.78, 5) is 1.33. The van der Waals surface area contributed by atoms with E-state index in [0.717, 1.165) is 12.3 Å². The standard InChI is InChI=1S/C13H20BrNS/c1-5-16-12-7-6-10(8-11(12)14)13(2,3)9-15-4/h6-8,15H,5,9H2,1-4H3. The second-order valence-corrected chi connectivity index (χ2v) is 6.65. The fourth-order valence-corrected chi connectivity index (χ4v) is 3.13. The van der Waals surface area contributed by atoms with Crippen molar-refractivity contribution in [3.8, 4) is 0 Å². The Bertz CT molecular complexity index is 350. The summed E-state index contributed by atoms with van der Waals surface area (Å²) in [5.41, 5.74) is 1.54. The molecule has 0 aliphatic carbocycles. The molecule has 0 spiro atoms. The Labute approximate surface area is 112 Å². The van der Waals surface area contributed by atoms with E-state index in [9.17, 15) is 0 Å². The molecular weight excluding hydrogens is 282 g/mol. The third kappa shape index (κ3) is 3.51. The van der Waals surface area contributed by atoms with Gasteiger partial charge in [0.2, 0.25) is 0 Å². The Morgan fingerprint density at radius 3 is 2.56 bits per heavy atom. The highest BCUT2D eigenvalue weighted by atomic mass is 79.9. The van der Waals surface area contributed by atoms with Crippen molar-refractivity contribution in [2.75, 3.05) is 19.3 Å². The molecule has 0 unspecified atom stereocenters. The summed E-state index contributed by atoms with van der Waals surface area (Å²) in [7, 11) is 2.00. The quantitative estimate of drug-likeness (QED) is 0.823. The summed E-state index contributed by atoms with van der Waals surface area (Å²) in [5, 5.41) is 3.25. The Kier molecular flexibility index (Phi) is 5.35. The number of hydrogen-bond acceptors (Lipinski definition) is 2. The normalized spacial score (nSPS) is 11.8. The highest BCUT2D eigenvalue weighted by Crippen LogP contribution is 2.32. The van der Waals surface area contributed by atoms with Crippen molar-refractivity contribution in [1.82, 2.24) is 5.32 Å². The molecular formula is C13H20BrNS. The van der Waals surface area contributed by atoms with Crippen molar-refractivity contribution >= 4 is 27.7 Å².